The molecule has 1 aromatic carbocycles. The highest BCUT2D eigenvalue weighted by Crippen LogP contribution is 2.14. The third kappa shape index (κ3) is 5.61. The van der Waals surface area contributed by atoms with E-state index in [0.29, 0.717) is 12.2 Å². The predicted molar refractivity (Wildman–Crippen MR) is 79.2 cm³/mol. The molecule has 0 saturated carbocycles. The van der Waals surface area contributed by atoms with Crippen molar-refractivity contribution >= 4 is 26.7 Å². The molecule has 0 saturated heterocycles. The fraction of sp³-hybridized carbons (Fsp3) is 0.538. The van der Waals surface area contributed by atoms with Gasteiger partial charge in [0.05, 0.1) is 10.8 Å². The van der Waals surface area contributed by atoms with E-state index in [9.17, 15) is 4.21 Å². The van der Waals surface area contributed by atoms with E-state index in [-0.39, 0.29) is 12.6 Å². The van der Waals surface area contributed by atoms with E-state index in [1.165, 1.54) is 0 Å². The molecule has 3 nitrogen and oxygen atoms in total. The second-order valence-corrected chi connectivity index (χ2v) is 6.54. The van der Waals surface area contributed by atoms with Gasteiger partial charge in [-0.1, -0.05) is 22.9 Å². The number of aliphatic hydroxyl groups excluding tert-OH is 1. The average Bonchev–Trinajstić information content (AvgIpc) is 2.37. The van der Waals surface area contributed by atoms with Crippen LogP contribution in [-0.2, 0) is 10.8 Å². The number of hydrogen-bond acceptors (Lipinski definition) is 3. The molecule has 2 unspecified atom stereocenters. The molecule has 0 aliphatic rings. The van der Waals surface area contributed by atoms with E-state index < -0.39 is 10.8 Å². The Morgan fingerprint density at radius 3 is 2.61 bits per heavy atom. The van der Waals surface area contributed by atoms with Crippen LogP contribution in [0.2, 0.25) is 0 Å². The van der Waals surface area contributed by atoms with Gasteiger partial charge in [0.25, 0.3) is 0 Å². The maximum Gasteiger partial charge on any atom is 0.0545 e. The van der Waals surface area contributed by atoms with Crippen LogP contribution in [0.5, 0.6) is 0 Å². The smallest absolute Gasteiger partial charge is 0.0545 e. The van der Waals surface area contributed by atoms with E-state index in [4.69, 9.17) is 5.11 Å². The third-order valence-corrected chi connectivity index (χ3v) is 4.62. The van der Waals surface area contributed by atoms with Crippen molar-refractivity contribution in [1.29, 1.82) is 0 Å². The molecular formula is C13H20BrNO2S. The summed E-state index contributed by atoms with van der Waals surface area (Å²) in [5, 5.41) is 12.3. The Kier molecular flexibility index (Phi) is 7.74. The van der Waals surface area contributed by atoms with E-state index in [0.717, 1.165) is 22.3 Å². The fourth-order valence-electron chi connectivity index (χ4n) is 1.61. The number of benzene rings is 1. The van der Waals surface area contributed by atoms with Crippen LogP contribution in [-0.4, -0.2) is 34.3 Å². The van der Waals surface area contributed by atoms with Gasteiger partial charge in [0, 0.05) is 27.8 Å². The molecule has 0 aliphatic carbocycles. The van der Waals surface area contributed by atoms with Crippen LogP contribution in [0.1, 0.15) is 19.8 Å². The standard InChI is InChI=1S/C13H20BrNO2S/c1-2-8-15-12(7-9-16)10-18(17)13-5-3-11(14)4-6-13/h3-6,12,15-16H,2,7-10H2,1H3. The van der Waals surface area contributed by atoms with Crippen molar-refractivity contribution in [1.82, 2.24) is 5.32 Å². The summed E-state index contributed by atoms with van der Waals surface area (Å²) < 4.78 is 13.2. The van der Waals surface area contributed by atoms with Crippen molar-refractivity contribution in [2.45, 2.75) is 30.7 Å². The zero-order chi connectivity index (χ0) is 13.4. The fourth-order valence-corrected chi connectivity index (χ4v) is 3.16. The summed E-state index contributed by atoms with van der Waals surface area (Å²) in [5.74, 6) is 0.544. The molecule has 18 heavy (non-hydrogen) atoms. The predicted octanol–water partition coefficient (Wildman–Crippen LogP) is 2.31. The highest BCUT2D eigenvalue weighted by atomic mass is 79.9. The minimum atomic E-state index is -1.02. The summed E-state index contributed by atoms with van der Waals surface area (Å²) in [6.07, 6.45) is 1.68. The Morgan fingerprint density at radius 2 is 2.06 bits per heavy atom. The first-order chi connectivity index (χ1) is 8.67. The third-order valence-electron chi connectivity index (χ3n) is 2.59. The number of hydrogen-bond donors (Lipinski definition) is 2. The van der Waals surface area contributed by atoms with Gasteiger partial charge in [-0.05, 0) is 43.7 Å². The van der Waals surface area contributed by atoms with E-state index in [1.807, 2.05) is 24.3 Å². The molecule has 2 atom stereocenters. The lowest BCUT2D eigenvalue weighted by atomic mass is 10.2. The summed E-state index contributed by atoms with van der Waals surface area (Å²) in [5.41, 5.74) is 0. The molecule has 0 radical (unpaired) electrons. The second-order valence-electron chi connectivity index (χ2n) is 4.13. The molecule has 0 bridgehead atoms. The summed E-state index contributed by atoms with van der Waals surface area (Å²) >= 11 is 3.36. The Morgan fingerprint density at radius 1 is 1.39 bits per heavy atom. The molecule has 1 rings (SSSR count). The van der Waals surface area contributed by atoms with Crippen LogP contribution >= 0.6 is 15.9 Å². The van der Waals surface area contributed by atoms with Crippen molar-refractivity contribution < 1.29 is 9.32 Å². The number of nitrogens with one attached hydrogen (secondary N) is 1. The molecule has 0 fully saturated rings. The Labute approximate surface area is 120 Å². The van der Waals surface area contributed by atoms with Crippen molar-refractivity contribution in [3.8, 4) is 0 Å². The van der Waals surface area contributed by atoms with Crippen LogP contribution in [0.3, 0.4) is 0 Å². The van der Waals surface area contributed by atoms with Gasteiger partial charge in [0.15, 0.2) is 0 Å². The molecular weight excluding hydrogens is 314 g/mol. The zero-order valence-electron chi connectivity index (χ0n) is 10.6. The van der Waals surface area contributed by atoms with Crippen LogP contribution in [0.15, 0.2) is 33.6 Å². The van der Waals surface area contributed by atoms with Crippen molar-refractivity contribution in [3.63, 3.8) is 0 Å². The molecule has 102 valence electrons. The Bertz CT molecular complexity index is 370. The van der Waals surface area contributed by atoms with Crippen LogP contribution in [0.4, 0.5) is 0 Å². The monoisotopic (exact) mass is 333 g/mol. The van der Waals surface area contributed by atoms with Gasteiger partial charge in [-0.3, -0.25) is 4.21 Å². The SMILES string of the molecule is CCCNC(CCO)CS(=O)c1ccc(Br)cc1. The summed E-state index contributed by atoms with van der Waals surface area (Å²) in [7, 11) is -1.02. The van der Waals surface area contributed by atoms with E-state index >= 15 is 0 Å². The van der Waals surface area contributed by atoms with Crippen LogP contribution in [0.25, 0.3) is 0 Å². The van der Waals surface area contributed by atoms with Crippen molar-refractivity contribution in [3.05, 3.63) is 28.7 Å². The largest absolute Gasteiger partial charge is 0.396 e. The second kappa shape index (κ2) is 8.80. The van der Waals surface area contributed by atoms with Gasteiger partial charge in [0.1, 0.15) is 0 Å². The lowest BCUT2D eigenvalue weighted by Gasteiger charge is -2.17. The molecule has 0 amide bonds. The highest BCUT2D eigenvalue weighted by molar-refractivity contribution is 9.10. The van der Waals surface area contributed by atoms with Crippen molar-refractivity contribution in [2.75, 3.05) is 18.9 Å². The normalized spacial score (nSPS) is 14.4. The number of rotatable bonds is 8. The minimum Gasteiger partial charge on any atom is -0.396 e. The summed E-state index contributed by atoms with van der Waals surface area (Å²) in [6.45, 7) is 3.11. The van der Waals surface area contributed by atoms with Gasteiger partial charge in [-0.25, -0.2) is 0 Å². The first kappa shape index (κ1) is 15.8. The quantitative estimate of drug-likeness (QED) is 0.767. The van der Waals surface area contributed by atoms with E-state index in [2.05, 4.69) is 28.2 Å². The topological polar surface area (TPSA) is 49.3 Å². The summed E-state index contributed by atoms with van der Waals surface area (Å²) in [4.78, 5) is 0.833. The maximum absolute atomic E-state index is 12.2. The first-order valence-electron chi connectivity index (χ1n) is 6.15. The Hall–Kier alpha value is -0.230. The minimum absolute atomic E-state index is 0.111. The molecule has 0 heterocycles. The average molecular weight is 334 g/mol. The molecule has 5 heteroatoms. The molecule has 0 spiro atoms. The first-order valence-corrected chi connectivity index (χ1v) is 8.26. The lowest BCUT2D eigenvalue weighted by Crippen LogP contribution is -2.35. The van der Waals surface area contributed by atoms with Gasteiger partial charge in [-0.15, -0.1) is 0 Å². The van der Waals surface area contributed by atoms with Crippen molar-refractivity contribution in [2.24, 2.45) is 0 Å². The molecule has 0 aliphatic heterocycles. The van der Waals surface area contributed by atoms with Gasteiger partial charge < -0.3 is 10.4 Å². The van der Waals surface area contributed by atoms with Crippen LogP contribution < -0.4 is 5.32 Å². The van der Waals surface area contributed by atoms with Gasteiger partial charge in [-0.2, -0.15) is 0 Å². The van der Waals surface area contributed by atoms with Gasteiger partial charge >= 0.3 is 0 Å². The summed E-state index contributed by atoms with van der Waals surface area (Å²) in [6, 6.07) is 7.65. The molecule has 1 aromatic rings. The highest BCUT2D eigenvalue weighted by Gasteiger charge is 2.13. The zero-order valence-corrected chi connectivity index (χ0v) is 13.0. The van der Waals surface area contributed by atoms with Crippen LogP contribution in [0, 0.1) is 0 Å². The molecule has 0 aromatic heterocycles. The Balaban J connectivity index is 2.56. The van der Waals surface area contributed by atoms with Gasteiger partial charge in [0.2, 0.25) is 0 Å². The number of halogens is 1. The van der Waals surface area contributed by atoms with E-state index in [1.54, 1.807) is 0 Å². The maximum atomic E-state index is 12.2. The lowest BCUT2D eigenvalue weighted by molar-refractivity contribution is 0.270. The number of aliphatic hydroxyl groups is 1. The molecule has 2 N–H and O–H groups in total.